The molecule has 2 atom stereocenters. The zero-order valence-corrected chi connectivity index (χ0v) is 15.6. The van der Waals surface area contributed by atoms with Gasteiger partial charge in [-0.25, -0.2) is 4.79 Å². The SMILES string of the molecule is Cc1ccc(NC(C(=O)O)c2ccc(C(CS)c3ccco3)o2)c(Cl)c1. The van der Waals surface area contributed by atoms with E-state index < -0.39 is 12.0 Å². The Hall–Kier alpha value is -2.31. The van der Waals surface area contributed by atoms with Gasteiger partial charge in [0.25, 0.3) is 0 Å². The first-order chi connectivity index (χ1) is 12.5. The van der Waals surface area contributed by atoms with Crippen molar-refractivity contribution < 1.29 is 18.7 Å². The van der Waals surface area contributed by atoms with Gasteiger partial charge in [0.05, 0.1) is 22.9 Å². The molecule has 2 unspecified atom stereocenters. The minimum absolute atomic E-state index is 0.195. The quantitative estimate of drug-likeness (QED) is 0.486. The summed E-state index contributed by atoms with van der Waals surface area (Å²) < 4.78 is 11.2. The van der Waals surface area contributed by atoms with Crippen molar-refractivity contribution in [3.8, 4) is 0 Å². The molecule has 3 aromatic rings. The second kappa shape index (κ2) is 7.93. The summed E-state index contributed by atoms with van der Waals surface area (Å²) in [7, 11) is 0. The van der Waals surface area contributed by atoms with Crippen molar-refractivity contribution in [1.29, 1.82) is 0 Å². The van der Waals surface area contributed by atoms with Crippen LogP contribution in [0.15, 0.2) is 57.6 Å². The number of hydrogen-bond acceptors (Lipinski definition) is 5. The molecule has 0 spiro atoms. The maximum Gasteiger partial charge on any atom is 0.334 e. The normalized spacial score (nSPS) is 13.3. The number of thiol groups is 1. The largest absolute Gasteiger partial charge is 0.479 e. The van der Waals surface area contributed by atoms with Crippen LogP contribution in [0.5, 0.6) is 0 Å². The summed E-state index contributed by atoms with van der Waals surface area (Å²) in [5, 5.41) is 13.0. The molecule has 0 saturated heterocycles. The number of hydrogen-bond donors (Lipinski definition) is 3. The molecule has 0 radical (unpaired) electrons. The first-order valence-corrected chi connectivity index (χ1v) is 9.00. The average Bonchev–Trinajstić information content (AvgIpc) is 3.27. The molecule has 136 valence electrons. The Bertz CT molecular complexity index is 891. The fraction of sp³-hybridized carbons (Fsp3) is 0.211. The van der Waals surface area contributed by atoms with Crippen molar-refractivity contribution in [2.24, 2.45) is 0 Å². The van der Waals surface area contributed by atoms with E-state index in [0.29, 0.717) is 28.0 Å². The van der Waals surface area contributed by atoms with Gasteiger partial charge >= 0.3 is 5.97 Å². The lowest BCUT2D eigenvalue weighted by Gasteiger charge is -2.15. The summed E-state index contributed by atoms with van der Waals surface area (Å²) in [6.07, 6.45) is 1.58. The standard InChI is InChI=1S/C19H18ClNO4S/c1-11-4-5-14(13(20)9-11)21-18(19(22)23)17-7-6-16(25-17)12(10-26)15-3-2-8-24-15/h2-9,12,18,21,26H,10H2,1H3,(H,22,23). The van der Waals surface area contributed by atoms with E-state index >= 15 is 0 Å². The third-order valence-corrected chi connectivity index (χ3v) is 4.69. The van der Waals surface area contributed by atoms with Crippen molar-refractivity contribution in [2.75, 3.05) is 11.1 Å². The average molecular weight is 392 g/mol. The third kappa shape index (κ3) is 3.92. The second-order valence-electron chi connectivity index (χ2n) is 5.89. The van der Waals surface area contributed by atoms with E-state index in [9.17, 15) is 9.90 Å². The van der Waals surface area contributed by atoms with Gasteiger partial charge in [0.2, 0.25) is 0 Å². The fourth-order valence-electron chi connectivity index (χ4n) is 2.67. The number of aliphatic carboxylic acids is 1. The lowest BCUT2D eigenvalue weighted by atomic mass is 10.1. The van der Waals surface area contributed by atoms with E-state index in [-0.39, 0.29) is 11.7 Å². The van der Waals surface area contributed by atoms with Crippen molar-refractivity contribution in [3.05, 3.63) is 76.6 Å². The highest BCUT2D eigenvalue weighted by atomic mass is 35.5. The molecule has 5 nitrogen and oxygen atoms in total. The Morgan fingerprint density at radius 2 is 2.00 bits per heavy atom. The Morgan fingerprint density at radius 3 is 2.62 bits per heavy atom. The molecule has 0 amide bonds. The van der Waals surface area contributed by atoms with E-state index in [1.54, 1.807) is 36.6 Å². The molecule has 0 saturated carbocycles. The molecular formula is C19H18ClNO4S. The summed E-state index contributed by atoms with van der Waals surface area (Å²) in [4.78, 5) is 11.8. The Labute approximate surface area is 161 Å². The number of halogens is 1. The summed E-state index contributed by atoms with van der Waals surface area (Å²) in [6, 6.07) is 11.3. The summed E-state index contributed by atoms with van der Waals surface area (Å²) in [5.74, 6) is 0.787. The van der Waals surface area contributed by atoms with Gasteiger partial charge in [-0.15, -0.1) is 0 Å². The number of carboxylic acid groups (broad SMARTS) is 1. The lowest BCUT2D eigenvalue weighted by Crippen LogP contribution is -2.20. The van der Waals surface area contributed by atoms with Crippen LogP contribution in [0.4, 0.5) is 5.69 Å². The Balaban J connectivity index is 1.87. The maximum atomic E-state index is 11.8. The van der Waals surface area contributed by atoms with Crippen LogP contribution in [-0.2, 0) is 4.79 Å². The van der Waals surface area contributed by atoms with Crippen LogP contribution in [0.25, 0.3) is 0 Å². The molecule has 2 N–H and O–H groups in total. The van der Waals surface area contributed by atoms with Crippen molar-refractivity contribution in [1.82, 2.24) is 0 Å². The Kier molecular flexibility index (Phi) is 5.64. The van der Waals surface area contributed by atoms with Crippen LogP contribution < -0.4 is 5.32 Å². The van der Waals surface area contributed by atoms with Gasteiger partial charge in [0.1, 0.15) is 17.3 Å². The van der Waals surface area contributed by atoms with Crippen LogP contribution in [0.1, 0.15) is 34.8 Å². The van der Waals surface area contributed by atoms with E-state index in [4.69, 9.17) is 20.4 Å². The van der Waals surface area contributed by atoms with Gasteiger partial charge < -0.3 is 19.3 Å². The number of furan rings is 2. The van der Waals surface area contributed by atoms with Crippen molar-refractivity contribution in [2.45, 2.75) is 18.9 Å². The van der Waals surface area contributed by atoms with Gasteiger partial charge in [-0.1, -0.05) is 17.7 Å². The van der Waals surface area contributed by atoms with Crippen molar-refractivity contribution >= 4 is 35.9 Å². The number of carbonyl (C=O) groups is 1. The van der Waals surface area contributed by atoms with Gasteiger partial charge in [-0.05, 0) is 48.9 Å². The minimum Gasteiger partial charge on any atom is -0.479 e. The highest BCUT2D eigenvalue weighted by Crippen LogP contribution is 2.32. The predicted octanol–water partition coefficient (Wildman–Crippen LogP) is 5.13. The van der Waals surface area contributed by atoms with Gasteiger partial charge in [-0.2, -0.15) is 12.6 Å². The van der Waals surface area contributed by atoms with Crippen LogP contribution in [-0.4, -0.2) is 16.8 Å². The molecule has 0 aliphatic rings. The Morgan fingerprint density at radius 1 is 1.23 bits per heavy atom. The summed E-state index contributed by atoms with van der Waals surface area (Å²) in [5.41, 5.74) is 1.52. The number of rotatable bonds is 7. The van der Waals surface area contributed by atoms with Gasteiger partial charge in [0.15, 0.2) is 6.04 Å². The van der Waals surface area contributed by atoms with E-state index in [0.717, 1.165) is 5.56 Å². The van der Waals surface area contributed by atoms with Crippen molar-refractivity contribution in [3.63, 3.8) is 0 Å². The van der Waals surface area contributed by atoms with Crippen LogP contribution in [0.3, 0.4) is 0 Å². The monoisotopic (exact) mass is 391 g/mol. The molecular weight excluding hydrogens is 374 g/mol. The number of aryl methyl sites for hydroxylation is 1. The van der Waals surface area contributed by atoms with E-state index in [2.05, 4.69) is 17.9 Å². The first-order valence-electron chi connectivity index (χ1n) is 7.99. The smallest absolute Gasteiger partial charge is 0.334 e. The van der Waals surface area contributed by atoms with Crippen LogP contribution in [0.2, 0.25) is 5.02 Å². The van der Waals surface area contributed by atoms with E-state index in [1.807, 2.05) is 19.1 Å². The zero-order chi connectivity index (χ0) is 18.7. The molecule has 2 heterocycles. The molecule has 0 aliphatic heterocycles. The number of nitrogens with one attached hydrogen (secondary N) is 1. The molecule has 7 heteroatoms. The van der Waals surface area contributed by atoms with E-state index in [1.165, 1.54) is 0 Å². The molecule has 26 heavy (non-hydrogen) atoms. The van der Waals surface area contributed by atoms with Crippen LogP contribution in [0, 0.1) is 6.92 Å². The molecule has 0 bridgehead atoms. The molecule has 0 aliphatic carbocycles. The number of carboxylic acids is 1. The molecule has 0 fully saturated rings. The summed E-state index contributed by atoms with van der Waals surface area (Å²) in [6.45, 7) is 1.91. The van der Waals surface area contributed by atoms with Gasteiger partial charge in [-0.3, -0.25) is 0 Å². The maximum absolute atomic E-state index is 11.8. The molecule has 2 aromatic heterocycles. The first kappa shape index (κ1) is 18.5. The summed E-state index contributed by atoms with van der Waals surface area (Å²) >= 11 is 10.6. The fourth-order valence-corrected chi connectivity index (χ4v) is 3.32. The topological polar surface area (TPSA) is 75.6 Å². The zero-order valence-electron chi connectivity index (χ0n) is 14.0. The lowest BCUT2D eigenvalue weighted by molar-refractivity contribution is -0.138. The third-order valence-electron chi connectivity index (χ3n) is 4.02. The van der Waals surface area contributed by atoms with Gasteiger partial charge in [0, 0.05) is 5.75 Å². The number of anilines is 1. The highest BCUT2D eigenvalue weighted by molar-refractivity contribution is 7.80. The predicted molar refractivity (Wildman–Crippen MR) is 103 cm³/mol. The van der Waals surface area contributed by atoms with Crippen LogP contribution >= 0.6 is 24.2 Å². The molecule has 1 aromatic carbocycles. The second-order valence-corrected chi connectivity index (χ2v) is 6.66. The molecule has 3 rings (SSSR count). The highest BCUT2D eigenvalue weighted by Gasteiger charge is 2.27. The minimum atomic E-state index is -1.07. The number of benzene rings is 1.